The number of nitrogens with one attached hydrogen (secondary N) is 2. The number of benzene rings is 1. The van der Waals surface area contributed by atoms with Crippen LogP contribution in [0.1, 0.15) is 13.3 Å². The molecule has 0 spiro atoms. The Hall–Kier alpha value is -1.56. The average molecular weight is 239 g/mol. The maximum atomic E-state index is 11.6. The lowest BCUT2D eigenvalue weighted by Crippen LogP contribution is -2.16. The molecule has 5 nitrogen and oxygen atoms in total. The van der Waals surface area contributed by atoms with Crippen molar-refractivity contribution in [2.24, 2.45) is 0 Å². The summed E-state index contributed by atoms with van der Waals surface area (Å²) in [5.74, 6) is 0.123. The number of para-hydroxylation sites is 1. The van der Waals surface area contributed by atoms with Gasteiger partial charge < -0.3 is 0 Å². The molecule has 0 atom stereocenters. The number of anilines is 1. The molecule has 0 amide bonds. The van der Waals surface area contributed by atoms with Crippen LogP contribution in [0, 0.1) is 0 Å². The summed E-state index contributed by atoms with van der Waals surface area (Å²) in [5.41, 5.74) is 1.26. The van der Waals surface area contributed by atoms with Gasteiger partial charge in [0.2, 0.25) is 10.0 Å². The Morgan fingerprint density at radius 1 is 1.44 bits per heavy atom. The molecule has 0 saturated heterocycles. The van der Waals surface area contributed by atoms with Crippen LogP contribution in [-0.4, -0.2) is 24.4 Å². The van der Waals surface area contributed by atoms with Gasteiger partial charge in [0, 0.05) is 5.39 Å². The quantitative estimate of drug-likeness (QED) is 0.853. The molecule has 16 heavy (non-hydrogen) atoms. The number of H-pyrrole nitrogens is 1. The minimum atomic E-state index is -3.25. The average Bonchev–Trinajstić information content (AvgIpc) is 2.65. The van der Waals surface area contributed by atoms with Gasteiger partial charge in [0.1, 0.15) is 0 Å². The van der Waals surface area contributed by atoms with Crippen molar-refractivity contribution in [3.63, 3.8) is 0 Å². The standard InChI is InChI=1S/C10H13N3O2S/c1-2-6-16(14,15)13-9-5-3-4-8-7-11-12-10(8)9/h3-5,7,13H,2,6H2,1H3,(H,11,12). The summed E-state index contributed by atoms with van der Waals surface area (Å²) in [6.45, 7) is 1.83. The van der Waals surface area contributed by atoms with Gasteiger partial charge in [-0.15, -0.1) is 0 Å². The third kappa shape index (κ3) is 2.16. The number of aromatic nitrogens is 2. The SMILES string of the molecule is CCCS(=O)(=O)Nc1cccc2cn[nH]c12. The Balaban J connectivity index is 2.38. The fourth-order valence-corrected chi connectivity index (χ4v) is 2.69. The minimum absolute atomic E-state index is 0.123. The fraction of sp³-hybridized carbons (Fsp3) is 0.300. The number of fused-ring (bicyclic) bond motifs is 1. The summed E-state index contributed by atoms with van der Waals surface area (Å²) in [6, 6.07) is 5.38. The lowest BCUT2D eigenvalue weighted by atomic mass is 10.2. The lowest BCUT2D eigenvalue weighted by Gasteiger charge is -2.07. The van der Waals surface area contributed by atoms with Gasteiger partial charge >= 0.3 is 0 Å². The van der Waals surface area contributed by atoms with Gasteiger partial charge in [0.25, 0.3) is 0 Å². The van der Waals surface area contributed by atoms with Crippen molar-refractivity contribution in [3.8, 4) is 0 Å². The summed E-state index contributed by atoms with van der Waals surface area (Å²) >= 11 is 0. The Bertz CT molecular complexity index is 589. The van der Waals surface area contributed by atoms with Crippen LogP contribution < -0.4 is 4.72 Å². The predicted octanol–water partition coefficient (Wildman–Crippen LogP) is 1.71. The van der Waals surface area contributed by atoms with E-state index < -0.39 is 10.0 Å². The molecule has 0 unspecified atom stereocenters. The van der Waals surface area contributed by atoms with Gasteiger partial charge in [-0.25, -0.2) is 8.42 Å². The third-order valence-electron chi connectivity index (χ3n) is 2.21. The van der Waals surface area contributed by atoms with Gasteiger partial charge in [-0.3, -0.25) is 9.82 Å². The first kappa shape index (κ1) is 10.9. The highest BCUT2D eigenvalue weighted by atomic mass is 32.2. The normalized spacial score (nSPS) is 11.8. The van der Waals surface area contributed by atoms with Gasteiger partial charge in [0.05, 0.1) is 23.2 Å². The van der Waals surface area contributed by atoms with E-state index >= 15 is 0 Å². The van der Waals surface area contributed by atoms with Gasteiger partial charge in [-0.05, 0) is 12.5 Å². The van der Waals surface area contributed by atoms with E-state index in [1.807, 2.05) is 13.0 Å². The van der Waals surface area contributed by atoms with Crippen molar-refractivity contribution in [3.05, 3.63) is 24.4 Å². The van der Waals surface area contributed by atoms with Crippen LogP contribution in [0.2, 0.25) is 0 Å². The summed E-state index contributed by atoms with van der Waals surface area (Å²) in [5, 5.41) is 7.54. The number of hydrogen-bond donors (Lipinski definition) is 2. The number of sulfonamides is 1. The highest BCUT2D eigenvalue weighted by Gasteiger charge is 2.11. The molecular formula is C10H13N3O2S. The molecule has 0 saturated carbocycles. The first-order chi connectivity index (χ1) is 7.62. The zero-order valence-electron chi connectivity index (χ0n) is 8.90. The van der Waals surface area contributed by atoms with E-state index in [4.69, 9.17) is 0 Å². The van der Waals surface area contributed by atoms with Crippen molar-refractivity contribution in [2.45, 2.75) is 13.3 Å². The predicted molar refractivity (Wildman–Crippen MR) is 63.8 cm³/mol. The molecule has 6 heteroatoms. The topological polar surface area (TPSA) is 74.8 Å². The van der Waals surface area contributed by atoms with Crippen LogP contribution in [0.15, 0.2) is 24.4 Å². The second-order valence-corrected chi connectivity index (χ2v) is 5.40. The molecule has 2 N–H and O–H groups in total. The molecule has 1 heterocycles. The first-order valence-corrected chi connectivity index (χ1v) is 6.70. The molecule has 0 radical (unpaired) electrons. The molecular weight excluding hydrogens is 226 g/mol. The molecule has 0 aliphatic carbocycles. The largest absolute Gasteiger partial charge is 0.281 e. The van der Waals surface area contributed by atoms with E-state index in [0.717, 1.165) is 5.39 Å². The van der Waals surface area contributed by atoms with Crippen molar-refractivity contribution < 1.29 is 8.42 Å². The zero-order chi connectivity index (χ0) is 11.6. The van der Waals surface area contributed by atoms with Gasteiger partial charge in [-0.2, -0.15) is 5.10 Å². The summed E-state index contributed by atoms with van der Waals surface area (Å²) in [7, 11) is -3.25. The number of rotatable bonds is 4. The molecule has 1 aromatic heterocycles. The molecule has 2 aromatic rings. The third-order valence-corrected chi connectivity index (χ3v) is 3.69. The van der Waals surface area contributed by atoms with E-state index in [1.165, 1.54) is 0 Å². The fourth-order valence-electron chi connectivity index (χ4n) is 1.54. The molecule has 2 rings (SSSR count). The van der Waals surface area contributed by atoms with E-state index in [0.29, 0.717) is 17.6 Å². The maximum Gasteiger partial charge on any atom is 0.232 e. The van der Waals surface area contributed by atoms with Gasteiger partial charge in [0.15, 0.2) is 0 Å². The lowest BCUT2D eigenvalue weighted by molar-refractivity contribution is 0.600. The van der Waals surface area contributed by atoms with E-state index in [2.05, 4.69) is 14.9 Å². The first-order valence-electron chi connectivity index (χ1n) is 5.05. The summed E-state index contributed by atoms with van der Waals surface area (Å²) in [6.07, 6.45) is 2.25. The van der Waals surface area contributed by atoms with E-state index in [9.17, 15) is 8.42 Å². The van der Waals surface area contributed by atoms with Crippen molar-refractivity contribution in [1.82, 2.24) is 10.2 Å². The summed E-state index contributed by atoms with van der Waals surface area (Å²) in [4.78, 5) is 0. The highest BCUT2D eigenvalue weighted by Crippen LogP contribution is 2.21. The van der Waals surface area contributed by atoms with Crippen LogP contribution in [0.4, 0.5) is 5.69 Å². The van der Waals surface area contributed by atoms with Crippen LogP contribution in [0.3, 0.4) is 0 Å². The van der Waals surface area contributed by atoms with E-state index in [-0.39, 0.29) is 5.75 Å². The van der Waals surface area contributed by atoms with Crippen molar-refractivity contribution >= 4 is 26.6 Å². The van der Waals surface area contributed by atoms with Crippen LogP contribution in [0.25, 0.3) is 10.9 Å². The van der Waals surface area contributed by atoms with Crippen molar-refractivity contribution in [1.29, 1.82) is 0 Å². The highest BCUT2D eigenvalue weighted by molar-refractivity contribution is 7.92. The monoisotopic (exact) mass is 239 g/mol. The molecule has 1 aromatic carbocycles. The van der Waals surface area contributed by atoms with Crippen LogP contribution >= 0.6 is 0 Å². The molecule has 86 valence electrons. The number of nitrogens with zero attached hydrogens (tertiary/aromatic N) is 1. The Morgan fingerprint density at radius 2 is 2.25 bits per heavy atom. The maximum absolute atomic E-state index is 11.6. The van der Waals surface area contributed by atoms with Crippen LogP contribution in [0.5, 0.6) is 0 Å². The smallest absolute Gasteiger partial charge is 0.232 e. The minimum Gasteiger partial charge on any atom is -0.281 e. The van der Waals surface area contributed by atoms with Crippen molar-refractivity contribution in [2.75, 3.05) is 10.5 Å². The zero-order valence-corrected chi connectivity index (χ0v) is 9.71. The van der Waals surface area contributed by atoms with Gasteiger partial charge in [-0.1, -0.05) is 19.1 Å². The Morgan fingerprint density at radius 3 is 3.00 bits per heavy atom. The Kier molecular flexibility index (Phi) is 2.82. The molecule has 0 aliphatic rings. The molecule has 0 fully saturated rings. The molecule has 0 aliphatic heterocycles. The van der Waals surface area contributed by atoms with E-state index in [1.54, 1.807) is 18.3 Å². The second-order valence-electron chi connectivity index (χ2n) is 3.56. The number of hydrogen-bond acceptors (Lipinski definition) is 3. The summed E-state index contributed by atoms with van der Waals surface area (Å²) < 4.78 is 25.8. The molecule has 0 bridgehead atoms. The Labute approximate surface area is 93.9 Å². The van der Waals surface area contributed by atoms with Crippen LogP contribution in [-0.2, 0) is 10.0 Å². The second kappa shape index (κ2) is 4.13. The number of aromatic amines is 1.